The summed E-state index contributed by atoms with van der Waals surface area (Å²) in [5.41, 5.74) is 0. The van der Waals surface area contributed by atoms with E-state index in [0.29, 0.717) is 6.42 Å². The van der Waals surface area contributed by atoms with Crippen molar-refractivity contribution in [2.75, 3.05) is 7.11 Å². The molecular formula is C7H14O3. The molecule has 0 aromatic heterocycles. The maximum Gasteiger partial charge on any atom is 0.160 e. The van der Waals surface area contributed by atoms with Gasteiger partial charge in [-0.1, -0.05) is 6.92 Å². The first kappa shape index (κ1) is 7.98. The highest BCUT2D eigenvalue weighted by Gasteiger charge is 2.32. The van der Waals surface area contributed by atoms with Crippen LogP contribution in [0.15, 0.2) is 0 Å². The molecule has 0 amide bonds. The average molecular weight is 146 g/mol. The molecule has 1 N–H and O–H groups in total. The first-order valence-electron chi connectivity index (χ1n) is 3.64. The van der Waals surface area contributed by atoms with E-state index < -0.39 is 0 Å². The monoisotopic (exact) mass is 146 g/mol. The summed E-state index contributed by atoms with van der Waals surface area (Å²) in [6, 6.07) is 0. The van der Waals surface area contributed by atoms with Crippen molar-refractivity contribution in [3.8, 4) is 0 Å². The van der Waals surface area contributed by atoms with Crippen LogP contribution >= 0.6 is 0 Å². The zero-order valence-electron chi connectivity index (χ0n) is 6.41. The molecule has 0 bridgehead atoms. The highest BCUT2D eigenvalue weighted by Crippen LogP contribution is 2.22. The summed E-state index contributed by atoms with van der Waals surface area (Å²) in [6.07, 6.45) is 0.899. The predicted octanol–water partition coefficient (Wildman–Crippen LogP) is 0.519. The van der Waals surface area contributed by atoms with Crippen LogP contribution in [0.5, 0.6) is 0 Å². The lowest BCUT2D eigenvalue weighted by Gasteiger charge is -2.10. The third-order valence-electron chi connectivity index (χ3n) is 1.85. The van der Waals surface area contributed by atoms with Crippen molar-refractivity contribution < 1.29 is 14.6 Å². The second kappa shape index (κ2) is 3.32. The average Bonchev–Trinajstić information content (AvgIpc) is 2.30. The highest BCUT2D eigenvalue weighted by molar-refractivity contribution is 4.76. The fourth-order valence-electron chi connectivity index (χ4n) is 1.21. The molecule has 1 heterocycles. The molecule has 0 spiro atoms. The zero-order chi connectivity index (χ0) is 7.56. The van der Waals surface area contributed by atoms with Crippen molar-refractivity contribution in [1.82, 2.24) is 0 Å². The van der Waals surface area contributed by atoms with E-state index in [9.17, 15) is 5.11 Å². The Morgan fingerprint density at radius 3 is 2.70 bits per heavy atom. The van der Waals surface area contributed by atoms with Crippen molar-refractivity contribution in [2.45, 2.75) is 38.3 Å². The predicted molar refractivity (Wildman–Crippen MR) is 36.6 cm³/mol. The lowest BCUT2D eigenvalue weighted by molar-refractivity contribution is -0.117. The molecule has 1 unspecified atom stereocenters. The van der Waals surface area contributed by atoms with Gasteiger partial charge in [0.05, 0.1) is 12.2 Å². The third-order valence-corrected chi connectivity index (χ3v) is 1.85. The Hall–Kier alpha value is -0.120. The van der Waals surface area contributed by atoms with Crippen molar-refractivity contribution in [3.05, 3.63) is 0 Å². The fourth-order valence-corrected chi connectivity index (χ4v) is 1.21. The van der Waals surface area contributed by atoms with Gasteiger partial charge in [0, 0.05) is 13.5 Å². The molecule has 3 heteroatoms. The summed E-state index contributed by atoms with van der Waals surface area (Å²) >= 11 is 0. The maximum atomic E-state index is 9.29. The van der Waals surface area contributed by atoms with Gasteiger partial charge in [0.2, 0.25) is 0 Å². The second-order valence-electron chi connectivity index (χ2n) is 2.55. The first-order chi connectivity index (χ1) is 4.77. The molecule has 3 nitrogen and oxygen atoms in total. The first-order valence-corrected chi connectivity index (χ1v) is 3.64. The smallest absolute Gasteiger partial charge is 0.160 e. The number of hydrogen-bond acceptors (Lipinski definition) is 3. The molecule has 0 aromatic rings. The van der Waals surface area contributed by atoms with Crippen molar-refractivity contribution in [3.63, 3.8) is 0 Å². The molecule has 10 heavy (non-hydrogen) atoms. The van der Waals surface area contributed by atoms with Crippen LogP contribution in [0.3, 0.4) is 0 Å². The molecule has 1 fully saturated rings. The van der Waals surface area contributed by atoms with Crippen LogP contribution in [0.2, 0.25) is 0 Å². The molecular weight excluding hydrogens is 132 g/mol. The largest absolute Gasteiger partial charge is 0.390 e. The van der Waals surface area contributed by atoms with Crippen LogP contribution in [-0.4, -0.2) is 30.7 Å². The molecule has 3 atom stereocenters. The lowest BCUT2D eigenvalue weighted by atomic mass is 10.1. The van der Waals surface area contributed by atoms with Crippen LogP contribution in [0.1, 0.15) is 19.8 Å². The van der Waals surface area contributed by atoms with Gasteiger partial charge < -0.3 is 14.6 Å². The van der Waals surface area contributed by atoms with Gasteiger partial charge in [-0.2, -0.15) is 0 Å². The van der Waals surface area contributed by atoms with Crippen LogP contribution in [0.4, 0.5) is 0 Å². The minimum absolute atomic E-state index is 0.0232. The number of aliphatic hydroxyl groups is 1. The Balaban J connectivity index is 2.36. The summed E-state index contributed by atoms with van der Waals surface area (Å²) in [5.74, 6) is 0. The Morgan fingerprint density at radius 2 is 2.40 bits per heavy atom. The number of ether oxygens (including phenoxy) is 2. The molecule has 1 aliphatic heterocycles. The van der Waals surface area contributed by atoms with Crippen molar-refractivity contribution >= 4 is 0 Å². The van der Waals surface area contributed by atoms with Crippen LogP contribution in [0.25, 0.3) is 0 Å². The molecule has 0 saturated carbocycles. The normalized spacial score (nSPS) is 40.5. The van der Waals surface area contributed by atoms with Crippen LogP contribution in [-0.2, 0) is 9.47 Å². The second-order valence-corrected chi connectivity index (χ2v) is 2.55. The maximum absolute atomic E-state index is 9.29. The van der Waals surface area contributed by atoms with E-state index in [1.54, 1.807) is 7.11 Å². The summed E-state index contributed by atoms with van der Waals surface area (Å²) in [7, 11) is 1.59. The zero-order valence-corrected chi connectivity index (χ0v) is 6.41. The summed E-state index contributed by atoms with van der Waals surface area (Å²) in [4.78, 5) is 0. The summed E-state index contributed by atoms with van der Waals surface area (Å²) in [5, 5.41) is 9.29. The molecule has 0 aliphatic carbocycles. The van der Waals surface area contributed by atoms with Gasteiger partial charge in [-0.3, -0.25) is 0 Å². The van der Waals surface area contributed by atoms with Gasteiger partial charge in [-0.15, -0.1) is 0 Å². The highest BCUT2D eigenvalue weighted by atomic mass is 16.7. The quantitative estimate of drug-likeness (QED) is 0.617. The Labute approximate surface area is 60.9 Å². The molecule has 60 valence electrons. The van der Waals surface area contributed by atoms with E-state index in [1.807, 2.05) is 6.92 Å². The van der Waals surface area contributed by atoms with E-state index in [-0.39, 0.29) is 18.5 Å². The van der Waals surface area contributed by atoms with Gasteiger partial charge in [0.25, 0.3) is 0 Å². The van der Waals surface area contributed by atoms with Gasteiger partial charge in [0.15, 0.2) is 6.29 Å². The van der Waals surface area contributed by atoms with E-state index in [4.69, 9.17) is 9.47 Å². The number of hydrogen-bond donors (Lipinski definition) is 1. The summed E-state index contributed by atoms with van der Waals surface area (Å²) < 4.78 is 10.2. The Bertz CT molecular complexity index is 105. The van der Waals surface area contributed by atoms with E-state index >= 15 is 0 Å². The Morgan fingerprint density at radius 1 is 1.70 bits per heavy atom. The number of rotatable bonds is 2. The van der Waals surface area contributed by atoms with E-state index in [1.165, 1.54) is 0 Å². The van der Waals surface area contributed by atoms with Crippen molar-refractivity contribution in [1.29, 1.82) is 0 Å². The fraction of sp³-hybridized carbons (Fsp3) is 1.00. The van der Waals surface area contributed by atoms with Crippen LogP contribution in [0, 0.1) is 0 Å². The lowest BCUT2D eigenvalue weighted by Crippen LogP contribution is -2.19. The third kappa shape index (κ3) is 1.48. The van der Waals surface area contributed by atoms with Gasteiger partial charge in [-0.05, 0) is 6.42 Å². The van der Waals surface area contributed by atoms with E-state index in [0.717, 1.165) is 6.42 Å². The number of methoxy groups -OCH3 is 1. The van der Waals surface area contributed by atoms with Crippen LogP contribution < -0.4 is 0 Å². The molecule has 1 aliphatic rings. The summed E-state index contributed by atoms with van der Waals surface area (Å²) in [6.45, 7) is 1.99. The minimum Gasteiger partial charge on any atom is -0.390 e. The molecule has 1 saturated heterocycles. The number of aliphatic hydroxyl groups excluding tert-OH is 1. The standard InChI is InChI=1S/C7H14O3/c1-3-6-5(8)4-7(9-2)10-6/h5-8H,3-4H2,1-2H3/t5-,6-,7?/m0/s1. The minimum atomic E-state index is -0.338. The molecule has 0 radical (unpaired) electrons. The van der Waals surface area contributed by atoms with Gasteiger partial charge in [0.1, 0.15) is 0 Å². The molecule has 0 aromatic carbocycles. The van der Waals surface area contributed by atoms with Gasteiger partial charge in [-0.25, -0.2) is 0 Å². The SMILES string of the molecule is CC[C@@H]1OC(OC)C[C@@H]1O. The van der Waals surface area contributed by atoms with Gasteiger partial charge >= 0.3 is 0 Å². The van der Waals surface area contributed by atoms with E-state index in [2.05, 4.69) is 0 Å². The van der Waals surface area contributed by atoms with Crippen molar-refractivity contribution in [2.24, 2.45) is 0 Å². The molecule has 1 rings (SSSR count). The Kier molecular flexibility index (Phi) is 2.65. The topological polar surface area (TPSA) is 38.7 Å².